The van der Waals surface area contributed by atoms with Gasteiger partial charge in [0.25, 0.3) is 0 Å². The summed E-state index contributed by atoms with van der Waals surface area (Å²) >= 11 is 0. The third kappa shape index (κ3) is 5.32. The van der Waals surface area contributed by atoms with E-state index in [1.165, 1.54) is 34.1 Å². The molecule has 1 aromatic rings. The highest BCUT2D eigenvalue weighted by Gasteiger charge is 2.34. The van der Waals surface area contributed by atoms with E-state index in [2.05, 4.69) is 5.32 Å². The third-order valence-electron chi connectivity index (χ3n) is 5.72. The molecule has 2 aliphatic rings. The molecular weight excluding hydrogens is 430 g/mol. The molecule has 0 bridgehead atoms. The fourth-order valence-electron chi connectivity index (χ4n) is 3.94. The van der Waals surface area contributed by atoms with Crippen LogP contribution in [-0.2, 0) is 24.8 Å². The molecule has 168 valence electrons. The summed E-state index contributed by atoms with van der Waals surface area (Å²) in [6.07, 6.45) is 3.49. The van der Waals surface area contributed by atoms with Crippen molar-refractivity contribution in [1.29, 1.82) is 0 Å². The van der Waals surface area contributed by atoms with Crippen molar-refractivity contribution >= 4 is 26.0 Å². The van der Waals surface area contributed by atoms with Gasteiger partial charge in [-0.25, -0.2) is 21.1 Å². The molecule has 3 rings (SSSR count). The maximum Gasteiger partial charge on any atom is 0.243 e. The lowest BCUT2D eigenvalue weighted by Crippen LogP contribution is -2.51. The van der Waals surface area contributed by atoms with Gasteiger partial charge in [0.1, 0.15) is 5.75 Å². The van der Waals surface area contributed by atoms with Gasteiger partial charge in [0.15, 0.2) is 0 Å². The Morgan fingerprint density at radius 3 is 2.20 bits per heavy atom. The zero-order valence-electron chi connectivity index (χ0n) is 17.3. The Labute approximate surface area is 178 Å². The average molecular weight is 460 g/mol. The van der Waals surface area contributed by atoms with E-state index in [-0.39, 0.29) is 42.4 Å². The second-order valence-electron chi connectivity index (χ2n) is 7.82. The molecule has 0 radical (unpaired) electrons. The summed E-state index contributed by atoms with van der Waals surface area (Å²) < 4.78 is 57.0. The van der Waals surface area contributed by atoms with E-state index >= 15 is 0 Å². The summed E-state index contributed by atoms with van der Waals surface area (Å²) in [4.78, 5) is 12.9. The first-order valence-electron chi connectivity index (χ1n) is 10.0. The fourth-order valence-corrected chi connectivity index (χ4v) is 6.32. The summed E-state index contributed by atoms with van der Waals surface area (Å²) in [6.45, 7) is 1.31. The smallest absolute Gasteiger partial charge is 0.243 e. The molecule has 0 aromatic heterocycles. The van der Waals surface area contributed by atoms with Crippen LogP contribution < -0.4 is 10.1 Å². The Hall–Kier alpha value is -1.69. The van der Waals surface area contributed by atoms with Crippen molar-refractivity contribution in [3.63, 3.8) is 0 Å². The predicted octanol–water partition coefficient (Wildman–Crippen LogP) is 0.636. The number of rotatable bonds is 6. The summed E-state index contributed by atoms with van der Waals surface area (Å²) in [6, 6.07) is 6.04. The van der Waals surface area contributed by atoms with E-state index in [1.54, 1.807) is 12.1 Å². The third-order valence-corrected chi connectivity index (χ3v) is 8.90. The van der Waals surface area contributed by atoms with Crippen LogP contribution in [0, 0.1) is 5.92 Å². The molecule has 0 spiro atoms. The summed E-state index contributed by atoms with van der Waals surface area (Å²) in [5, 5.41) is 2.96. The highest BCUT2D eigenvalue weighted by atomic mass is 32.2. The number of sulfonamides is 2. The van der Waals surface area contributed by atoms with Crippen LogP contribution in [0.5, 0.6) is 5.75 Å². The monoisotopic (exact) mass is 459 g/mol. The van der Waals surface area contributed by atoms with Crippen LogP contribution in [0.4, 0.5) is 0 Å². The second-order valence-corrected chi connectivity index (χ2v) is 11.7. The topological polar surface area (TPSA) is 113 Å². The van der Waals surface area contributed by atoms with Crippen molar-refractivity contribution in [1.82, 2.24) is 13.9 Å². The van der Waals surface area contributed by atoms with E-state index in [9.17, 15) is 21.6 Å². The van der Waals surface area contributed by atoms with Gasteiger partial charge in [-0.3, -0.25) is 4.79 Å². The number of ether oxygens (including phenoxy) is 1. The SMILES string of the molecule is COc1ccc(S(=O)(=O)N2CCC(C(=O)NC3CCCN(S(C)(=O)=O)C3)CC2)cc1. The van der Waals surface area contributed by atoms with Crippen molar-refractivity contribution in [2.45, 2.75) is 36.6 Å². The first-order chi connectivity index (χ1) is 14.1. The minimum absolute atomic E-state index is 0.128. The minimum atomic E-state index is -3.61. The number of carbonyl (C=O) groups excluding carboxylic acids is 1. The molecule has 2 saturated heterocycles. The molecule has 1 atom stereocenters. The standard InChI is InChI=1S/C19H29N3O6S2/c1-28-17-5-7-18(8-6-17)30(26,27)21-12-9-15(10-13-21)19(23)20-16-4-3-11-22(14-16)29(2,24)25/h5-8,15-16H,3-4,9-14H2,1-2H3,(H,20,23). The Morgan fingerprint density at radius 1 is 1.00 bits per heavy atom. The lowest BCUT2D eigenvalue weighted by atomic mass is 9.96. The van der Waals surface area contributed by atoms with Gasteiger partial charge in [-0.2, -0.15) is 4.31 Å². The molecule has 2 fully saturated rings. The number of methoxy groups -OCH3 is 1. The number of hydrogen-bond acceptors (Lipinski definition) is 6. The summed E-state index contributed by atoms with van der Waals surface area (Å²) in [5.74, 6) is 0.180. The van der Waals surface area contributed by atoms with Gasteiger partial charge in [-0.1, -0.05) is 0 Å². The van der Waals surface area contributed by atoms with Crippen molar-refractivity contribution in [3.8, 4) is 5.75 Å². The molecule has 1 aromatic carbocycles. The number of amides is 1. The van der Waals surface area contributed by atoms with Gasteiger partial charge in [0.05, 0.1) is 18.3 Å². The molecule has 9 nitrogen and oxygen atoms in total. The zero-order valence-corrected chi connectivity index (χ0v) is 18.9. The second kappa shape index (κ2) is 9.21. The van der Waals surface area contributed by atoms with Crippen LogP contribution in [0.2, 0.25) is 0 Å². The van der Waals surface area contributed by atoms with Crippen molar-refractivity contribution in [2.24, 2.45) is 5.92 Å². The number of benzene rings is 1. The lowest BCUT2D eigenvalue weighted by Gasteiger charge is -2.34. The molecule has 1 N–H and O–H groups in total. The van der Waals surface area contributed by atoms with E-state index in [0.717, 1.165) is 6.42 Å². The van der Waals surface area contributed by atoms with Crippen LogP contribution in [0.3, 0.4) is 0 Å². The van der Waals surface area contributed by atoms with Gasteiger partial charge in [-0.05, 0) is 49.9 Å². The quantitative estimate of drug-likeness (QED) is 0.668. The van der Waals surface area contributed by atoms with E-state index in [1.807, 2.05) is 0 Å². The normalized spacial score (nSPS) is 22.5. The zero-order chi connectivity index (χ0) is 21.9. The number of carbonyl (C=O) groups is 1. The Morgan fingerprint density at radius 2 is 1.63 bits per heavy atom. The van der Waals surface area contributed by atoms with Crippen molar-refractivity contribution in [2.75, 3.05) is 39.5 Å². The fraction of sp³-hybridized carbons (Fsp3) is 0.632. The Bertz CT molecular complexity index is 954. The molecular formula is C19H29N3O6S2. The van der Waals surface area contributed by atoms with Crippen LogP contribution in [0.15, 0.2) is 29.2 Å². The Balaban J connectivity index is 1.55. The van der Waals surface area contributed by atoms with Crippen LogP contribution in [0.1, 0.15) is 25.7 Å². The number of piperidine rings is 2. The number of nitrogens with one attached hydrogen (secondary N) is 1. The average Bonchev–Trinajstić information content (AvgIpc) is 2.73. The molecule has 2 aliphatic heterocycles. The molecule has 30 heavy (non-hydrogen) atoms. The Kier molecular flexibility index (Phi) is 7.05. The first kappa shape index (κ1) is 23.0. The van der Waals surface area contributed by atoms with Crippen LogP contribution >= 0.6 is 0 Å². The minimum Gasteiger partial charge on any atom is -0.497 e. The van der Waals surface area contributed by atoms with Crippen LogP contribution in [-0.4, -0.2) is 76.9 Å². The summed E-state index contributed by atoms with van der Waals surface area (Å²) in [5.41, 5.74) is 0. The van der Waals surface area contributed by atoms with E-state index in [4.69, 9.17) is 4.74 Å². The highest BCUT2D eigenvalue weighted by molar-refractivity contribution is 7.89. The van der Waals surface area contributed by atoms with Gasteiger partial charge in [0.2, 0.25) is 26.0 Å². The predicted molar refractivity (Wildman–Crippen MR) is 112 cm³/mol. The lowest BCUT2D eigenvalue weighted by molar-refractivity contribution is -0.127. The van der Waals surface area contributed by atoms with Gasteiger partial charge in [0, 0.05) is 38.1 Å². The molecule has 0 saturated carbocycles. The maximum atomic E-state index is 12.8. The molecule has 1 amide bonds. The maximum absolute atomic E-state index is 12.8. The highest BCUT2D eigenvalue weighted by Crippen LogP contribution is 2.25. The first-order valence-corrected chi connectivity index (χ1v) is 13.3. The number of hydrogen-bond donors (Lipinski definition) is 1. The van der Waals surface area contributed by atoms with Crippen LogP contribution in [0.25, 0.3) is 0 Å². The molecule has 1 unspecified atom stereocenters. The van der Waals surface area contributed by atoms with Gasteiger partial charge >= 0.3 is 0 Å². The number of nitrogens with zero attached hydrogens (tertiary/aromatic N) is 2. The van der Waals surface area contributed by atoms with Crippen molar-refractivity contribution < 1.29 is 26.4 Å². The summed E-state index contributed by atoms with van der Waals surface area (Å²) in [7, 11) is -5.37. The van der Waals surface area contributed by atoms with Gasteiger partial charge < -0.3 is 10.1 Å². The van der Waals surface area contributed by atoms with Gasteiger partial charge in [-0.15, -0.1) is 0 Å². The van der Waals surface area contributed by atoms with E-state index < -0.39 is 20.0 Å². The molecule has 0 aliphatic carbocycles. The van der Waals surface area contributed by atoms with Crippen molar-refractivity contribution in [3.05, 3.63) is 24.3 Å². The van der Waals surface area contributed by atoms with E-state index in [0.29, 0.717) is 31.6 Å². The molecule has 2 heterocycles. The largest absolute Gasteiger partial charge is 0.497 e. The molecule has 11 heteroatoms.